The van der Waals surface area contributed by atoms with Crippen LogP contribution in [0.2, 0.25) is 0 Å². The Hall–Kier alpha value is -3.34. The average molecular weight is 359 g/mol. The Morgan fingerprint density at radius 3 is 2.81 bits per heavy atom. The maximum Gasteiger partial charge on any atom is 0.274 e. The fraction of sp³-hybridized carbons (Fsp3) is 0.182. The van der Waals surface area contributed by atoms with E-state index in [1.54, 1.807) is 19.2 Å². The highest BCUT2D eigenvalue weighted by Crippen LogP contribution is 2.32. The van der Waals surface area contributed by atoms with Gasteiger partial charge in [-0.15, -0.1) is 0 Å². The van der Waals surface area contributed by atoms with E-state index in [1.807, 2.05) is 36.4 Å². The van der Waals surface area contributed by atoms with Gasteiger partial charge in [0.2, 0.25) is 0 Å². The summed E-state index contributed by atoms with van der Waals surface area (Å²) in [5, 5.41) is 2.88. The van der Waals surface area contributed by atoms with Crippen molar-refractivity contribution in [1.82, 2.24) is 4.98 Å². The molecule has 4 rings (SSSR count). The first kappa shape index (κ1) is 17.1. The largest absolute Gasteiger partial charge is 0.497 e. The monoisotopic (exact) mass is 359 g/mol. The van der Waals surface area contributed by atoms with Crippen molar-refractivity contribution in [2.75, 3.05) is 23.9 Å². The summed E-state index contributed by atoms with van der Waals surface area (Å²) in [4.78, 5) is 19.5. The first-order chi connectivity index (χ1) is 13.2. The van der Waals surface area contributed by atoms with Crippen LogP contribution in [-0.2, 0) is 6.42 Å². The molecule has 1 N–H and O–H groups in total. The van der Waals surface area contributed by atoms with Crippen LogP contribution in [0, 0.1) is 0 Å². The van der Waals surface area contributed by atoms with Crippen LogP contribution in [0.25, 0.3) is 0 Å². The quantitative estimate of drug-likeness (QED) is 0.749. The number of nitrogens with one attached hydrogen (secondary N) is 1. The lowest BCUT2D eigenvalue weighted by Crippen LogP contribution is -2.26. The van der Waals surface area contributed by atoms with Crippen LogP contribution in [0.3, 0.4) is 0 Å². The number of hydrogen-bond acceptors (Lipinski definition) is 4. The molecule has 0 saturated heterocycles. The zero-order valence-electron chi connectivity index (χ0n) is 15.2. The first-order valence-electron chi connectivity index (χ1n) is 9.02. The van der Waals surface area contributed by atoms with E-state index in [0.717, 1.165) is 25.2 Å². The number of benzene rings is 2. The number of para-hydroxylation sites is 1. The second-order valence-corrected chi connectivity index (χ2v) is 6.45. The van der Waals surface area contributed by atoms with E-state index in [2.05, 4.69) is 33.4 Å². The van der Waals surface area contributed by atoms with Crippen LogP contribution in [-0.4, -0.2) is 24.5 Å². The van der Waals surface area contributed by atoms with Crippen molar-refractivity contribution in [3.8, 4) is 5.75 Å². The summed E-state index contributed by atoms with van der Waals surface area (Å²) in [5.74, 6) is 1.25. The molecule has 0 aliphatic carbocycles. The minimum atomic E-state index is -0.240. The molecule has 5 heteroatoms. The number of ether oxygens (including phenoxy) is 1. The lowest BCUT2D eigenvalue weighted by atomic mass is 10.0. The molecular formula is C22H21N3O2. The molecule has 0 radical (unpaired) electrons. The number of rotatable bonds is 4. The Kier molecular flexibility index (Phi) is 4.75. The SMILES string of the molecule is COc1cccc(NC(=O)c2cccc(N3CCCc4ccccc43)n2)c1. The van der Waals surface area contributed by atoms with Gasteiger partial charge in [0.05, 0.1) is 7.11 Å². The van der Waals surface area contributed by atoms with Gasteiger partial charge in [0.25, 0.3) is 5.91 Å². The van der Waals surface area contributed by atoms with Crippen molar-refractivity contribution in [3.05, 3.63) is 78.0 Å². The van der Waals surface area contributed by atoms with Crippen LogP contribution in [0.15, 0.2) is 66.7 Å². The standard InChI is InChI=1S/C22H21N3O2/c1-27-18-10-4-9-17(15-18)23-22(26)19-11-5-13-21(24-19)25-14-6-8-16-7-2-3-12-20(16)25/h2-5,7,9-13,15H,6,8,14H2,1H3,(H,23,26). The smallest absolute Gasteiger partial charge is 0.274 e. The molecule has 27 heavy (non-hydrogen) atoms. The molecule has 1 aliphatic heterocycles. The molecule has 136 valence electrons. The number of anilines is 3. The van der Waals surface area contributed by atoms with Gasteiger partial charge in [-0.3, -0.25) is 4.79 Å². The first-order valence-corrected chi connectivity index (χ1v) is 9.02. The van der Waals surface area contributed by atoms with Crippen LogP contribution in [0.5, 0.6) is 5.75 Å². The highest BCUT2D eigenvalue weighted by atomic mass is 16.5. The number of amides is 1. The predicted molar refractivity (Wildman–Crippen MR) is 107 cm³/mol. The van der Waals surface area contributed by atoms with Crippen LogP contribution >= 0.6 is 0 Å². The second-order valence-electron chi connectivity index (χ2n) is 6.45. The number of carbonyl (C=O) groups excluding carboxylic acids is 1. The number of nitrogens with zero attached hydrogens (tertiary/aromatic N) is 2. The van der Waals surface area contributed by atoms with Gasteiger partial charge in [-0.2, -0.15) is 0 Å². The zero-order valence-corrected chi connectivity index (χ0v) is 15.2. The van der Waals surface area contributed by atoms with Gasteiger partial charge in [-0.25, -0.2) is 4.98 Å². The van der Waals surface area contributed by atoms with E-state index < -0.39 is 0 Å². The third-order valence-corrected chi connectivity index (χ3v) is 4.68. The molecule has 2 aromatic carbocycles. The van der Waals surface area contributed by atoms with Gasteiger partial charge < -0.3 is 15.0 Å². The number of hydrogen-bond donors (Lipinski definition) is 1. The van der Waals surface area contributed by atoms with Crippen LogP contribution < -0.4 is 15.0 Å². The summed E-state index contributed by atoms with van der Waals surface area (Å²) in [7, 11) is 1.60. The van der Waals surface area contributed by atoms with E-state index >= 15 is 0 Å². The fourth-order valence-electron chi connectivity index (χ4n) is 3.37. The molecule has 1 aliphatic rings. The number of aryl methyl sites for hydroxylation is 1. The Balaban J connectivity index is 1.59. The molecule has 0 unspecified atom stereocenters. The number of fused-ring (bicyclic) bond motifs is 1. The van der Waals surface area contributed by atoms with E-state index in [9.17, 15) is 4.79 Å². The topological polar surface area (TPSA) is 54.5 Å². The van der Waals surface area contributed by atoms with Gasteiger partial charge >= 0.3 is 0 Å². The minimum absolute atomic E-state index is 0.240. The lowest BCUT2D eigenvalue weighted by molar-refractivity contribution is 0.102. The van der Waals surface area contributed by atoms with Crippen molar-refractivity contribution >= 4 is 23.1 Å². The number of pyridine rings is 1. The number of carbonyl (C=O) groups is 1. The highest BCUT2D eigenvalue weighted by molar-refractivity contribution is 6.03. The fourth-order valence-corrected chi connectivity index (χ4v) is 3.37. The van der Waals surface area contributed by atoms with Crippen molar-refractivity contribution in [2.24, 2.45) is 0 Å². The highest BCUT2D eigenvalue weighted by Gasteiger charge is 2.19. The van der Waals surface area contributed by atoms with Gasteiger partial charge in [0.15, 0.2) is 0 Å². The van der Waals surface area contributed by atoms with Crippen LogP contribution in [0.1, 0.15) is 22.5 Å². The lowest BCUT2D eigenvalue weighted by Gasteiger charge is -2.30. The normalized spacial score (nSPS) is 13.0. The summed E-state index contributed by atoms with van der Waals surface area (Å²) in [6.07, 6.45) is 2.14. The molecule has 3 aromatic rings. The molecular weight excluding hydrogens is 338 g/mol. The number of methoxy groups -OCH3 is 1. The summed E-state index contributed by atoms with van der Waals surface area (Å²) in [6.45, 7) is 0.894. The predicted octanol–water partition coefficient (Wildman–Crippen LogP) is 4.43. The molecule has 0 saturated carbocycles. The maximum atomic E-state index is 12.7. The molecule has 1 amide bonds. The molecule has 0 atom stereocenters. The van der Waals surface area contributed by atoms with E-state index in [-0.39, 0.29) is 5.91 Å². The van der Waals surface area contributed by atoms with Crippen molar-refractivity contribution < 1.29 is 9.53 Å². The van der Waals surface area contributed by atoms with Gasteiger partial charge in [-0.1, -0.05) is 30.3 Å². The minimum Gasteiger partial charge on any atom is -0.497 e. The molecule has 5 nitrogen and oxygen atoms in total. The molecule has 1 aromatic heterocycles. The maximum absolute atomic E-state index is 12.7. The zero-order chi connectivity index (χ0) is 18.6. The van der Waals surface area contributed by atoms with E-state index in [4.69, 9.17) is 4.74 Å². The summed E-state index contributed by atoms with van der Waals surface area (Å²) in [5.41, 5.74) is 3.55. The van der Waals surface area contributed by atoms with Crippen molar-refractivity contribution in [1.29, 1.82) is 0 Å². The Labute approximate surface area is 158 Å². The Bertz CT molecular complexity index is 971. The third kappa shape index (κ3) is 3.62. The van der Waals surface area contributed by atoms with Gasteiger partial charge in [0.1, 0.15) is 17.3 Å². The van der Waals surface area contributed by atoms with E-state index in [1.165, 1.54) is 11.3 Å². The van der Waals surface area contributed by atoms with Crippen molar-refractivity contribution in [2.45, 2.75) is 12.8 Å². The Morgan fingerprint density at radius 1 is 1.07 bits per heavy atom. The van der Waals surface area contributed by atoms with Gasteiger partial charge in [-0.05, 0) is 48.7 Å². The van der Waals surface area contributed by atoms with Crippen LogP contribution in [0.4, 0.5) is 17.2 Å². The van der Waals surface area contributed by atoms with Gasteiger partial charge in [0, 0.05) is 24.0 Å². The molecule has 0 fully saturated rings. The molecule has 0 bridgehead atoms. The summed E-state index contributed by atoms with van der Waals surface area (Å²) >= 11 is 0. The molecule has 0 spiro atoms. The summed E-state index contributed by atoms with van der Waals surface area (Å²) < 4.78 is 5.20. The summed E-state index contributed by atoms with van der Waals surface area (Å²) in [6, 6.07) is 21.2. The van der Waals surface area contributed by atoms with Crippen molar-refractivity contribution in [3.63, 3.8) is 0 Å². The Morgan fingerprint density at radius 2 is 1.93 bits per heavy atom. The second kappa shape index (κ2) is 7.50. The third-order valence-electron chi connectivity index (χ3n) is 4.68. The van der Waals surface area contributed by atoms with E-state index in [0.29, 0.717) is 17.1 Å². The average Bonchev–Trinajstić information content (AvgIpc) is 2.73. The molecule has 2 heterocycles. The number of aromatic nitrogens is 1.